The Bertz CT molecular complexity index is 257. The maximum Gasteiger partial charge on any atom is 0.151 e. The van der Waals surface area contributed by atoms with Gasteiger partial charge in [-0.1, -0.05) is 0 Å². The van der Waals surface area contributed by atoms with E-state index in [4.69, 9.17) is 5.11 Å². The van der Waals surface area contributed by atoms with Gasteiger partial charge < -0.3 is 10.0 Å². The van der Waals surface area contributed by atoms with Crippen LogP contribution in [-0.4, -0.2) is 56.2 Å². The van der Waals surface area contributed by atoms with Gasteiger partial charge in [-0.3, -0.25) is 0 Å². The predicted octanol–water partition coefficient (Wildman–Crippen LogP) is -0.656. The minimum Gasteiger partial charge on any atom is -0.396 e. The van der Waals surface area contributed by atoms with E-state index in [1.807, 2.05) is 0 Å². The topological polar surface area (TPSA) is 57.6 Å². The van der Waals surface area contributed by atoms with Gasteiger partial charge in [0.15, 0.2) is 9.84 Å². The van der Waals surface area contributed by atoms with E-state index >= 15 is 0 Å². The molecule has 1 fully saturated rings. The molecule has 1 unspecified atom stereocenters. The highest BCUT2D eigenvalue weighted by atomic mass is 32.2. The molecule has 13 heavy (non-hydrogen) atoms. The zero-order valence-corrected chi connectivity index (χ0v) is 8.92. The van der Waals surface area contributed by atoms with E-state index in [0.29, 0.717) is 12.5 Å². The molecule has 5 heteroatoms. The summed E-state index contributed by atoms with van der Waals surface area (Å²) in [5.74, 6) is 0.353. The molecule has 1 N–H and O–H groups in total. The predicted molar refractivity (Wildman–Crippen MR) is 51.3 cm³/mol. The summed E-state index contributed by atoms with van der Waals surface area (Å²) in [6.07, 6.45) is 1.26. The molecular weight excluding hydrogens is 190 g/mol. The number of likely N-dealkylation sites (tertiary alicyclic amines) is 1. The average Bonchev–Trinajstić information content (AvgIpc) is 1.93. The molecule has 0 amide bonds. The summed E-state index contributed by atoms with van der Waals surface area (Å²) in [5, 5.41) is 8.45. The Labute approximate surface area is 79.5 Å². The Kier molecular flexibility index (Phi) is 3.32. The van der Waals surface area contributed by atoms with E-state index in [1.54, 1.807) is 6.92 Å². The average molecular weight is 207 g/mol. The first-order valence-corrected chi connectivity index (χ1v) is 6.41. The van der Waals surface area contributed by atoms with Crippen LogP contribution in [-0.2, 0) is 9.84 Å². The van der Waals surface area contributed by atoms with Crippen molar-refractivity contribution in [2.24, 2.45) is 5.92 Å². The molecule has 0 spiro atoms. The summed E-state index contributed by atoms with van der Waals surface area (Å²) in [6, 6.07) is 0. The van der Waals surface area contributed by atoms with Gasteiger partial charge in [-0.25, -0.2) is 8.42 Å². The normalized spacial score (nSPS) is 22.7. The van der Waals surface area contributed by atoms with E-state index < -0.39 is 9.84 Å². The Morgan fingerprint density at radius 2 is 2.08 bits per heavy atom. The Morgan fingerprint density at radius 1 is 1.54 bits per heavy atom. The second-order valence-corrected chi connectivity index (χ2v) is 6.37. The molecule has 0 bridgehead atoms. The minimum absolute atomic E-state index is 0.212. The second kappa shape index (κ2) is 3.94. The fourth-order valence-electron chi connectivity index (χ4n) is 1.44. The largest absolute Gasteiger partial charge is 0.396 e. The summed E-state index contributed by atoms with van der Waals surface area (Å²) in [7, 11) is -2.90. The van der Waals surface area contributed by atoms with Crippen LogP contribution in [0, 0.1) is 5.92 Å². The zero-order valence-electron chi connectivity index (χ0n) is 8.10. The van der Waals surface area contributed by atoms with Crippen molar-refractivity contribution in [3.8, 4) is 0 Å². The van der Waals surface area contributed by atoms with Crippen molar-refractivity contribution in [3.05, 3.63) is 0 Å². The van der Waals surface area contributed by atoms with Crippen molar-refractivity contribution in [1.29, 1.82) is 0 Å². The quantitative estimate of drug-likeness (QED) is 0.665. The first-order valence-electron chi connectivity index (χ1n) is 4.45. The first-order chi connectivity index (χ1) is 5.93. The molecule has 1 aliphatic rings. The summed E-state index contributed by atoms with van der Waals surface area (Å²) in [6.45, 7) is 4.19. The molecule has 1 aliphatic heterocycles. The molecule has 1 atom stereocenters. The van der Waals surface area contributed by atoms with Crippen LogP contribution in [0.1, 0.15) is 6.92 Å². The highest BCUT2D eigenvalue weighted by Gasteiger charge is 2.29. The molecule has 1 heterocycles. The Morgan fingerprint density at radius 3 is 2.46 bits per heavy atom. The number of sulfone groups is 1. The van der Waals surface area contributed by atoms with Gasteiger partial charge in [0.05, 0.1) is 5.25 Å². The SMILES string of the molecule is CC(CN1CC(CO)C1)S(C)(=O)=O. The van der Waals surface area contributed by atoms with Crippen molar-refractivity contribution in [3.63, 3.8) is 0 Å². The van der Waals surface area contributed by atoms with Crippen molar-refractivity contribution < 1.29 is 13.5 Å². The van der Waals surface area contributed by atoms with E-state index in [2.05, 4.69) is 4.90 Å². The molecule has 4 nitrogen and oxygen atoms in total. The van der Waals surface area contributed by atoms with Crippen LogP contribution in [0.5, 0.6) is 0 Å². The molecular formula is C8H17NO3S. The maximum atomic E-state index is 11.1. The molecule has 0 aliphatic carbocycles. The Hall–Kier alpha value is -0.130. The lowest BCUT2D eigenvalue weighted by molar-refractivity contribution is 0.0549. The number of aliphatic hydroxyl groups is 1. The zero-order chi connectivity index (χ0) is 10.1. The number of hydrogen-bond acceptors (Lipinski definition) is 4. The van der Waals surface area contributed by atoms with Crippen molar-refractivity contribution in [2.45, 2.75) is 12.2 Å². The number of hydrogen-bond donors (Lipinski definition) is 1. The highest BCUT2D eigenvalue weighted by molar-refractivity contribution is 7.91. The fourth-order valence-corrected chi connectivity index (χ4v) is 1.92. The van der Waals surface area contributed by atoms with Gasteiger partial charge in [0.25, 0.3) is 0 Å². The molecule has 0 aromatic heterocycles. The van der Waals surface area contributed by atoms with Crippen LogP contribution in [0.25, 0.3) is 0 Å². The maximum absolute atomic E-state index is 11.1. The highest BCUT2D eigenvalue weighted by Crippen LogP contribution is 2.15. The summed E-state index contributed by atoms with van der Waals surface area (Å²) in [4.78, 5) is 2.06. The van der Waals surface area contributed by atoms with Crippen LogP contribution in [0.4, 0.5) is 0 Å². The van der Waals surface area contributed by atoms with E-state index in [9.17, 15) is 8.42 Å². The van der Waals surface area contributed by atoms with Gasteiger partial charge >= 0.3 is 0 Å². The van der Waals surface area contributed by atoms with E-state index in [0.717, 1.165) is 13.1 Å². The number of aliphatic hydroxyl groups excluding tert-OH is 1. The third-order valence-corrected chi connectivity index (χ3v) is 4.15. The third kappa shape index (κ3) is 2.93. The molecule has 0 aromatic carbocycles. The molecule has 1 saturated heterocycles. The first kappa shape index (κ1) is 10.9. The summed E-state index contributed by atoms with van der Waals surface area (Å²) < 4.78 is 22.2. The van der Waals surface area contributed by atoms with Crippen LogP contribution in [0.3, 0.4) is 0 Å². The fraction of sp³-hybridized carbons (Fsp3) is 1.00. The van der Waals surface area contributed by atoms with Crippen LogP contribution >= 0.6 is 0 Å². The number of nitrogens with zero attached hydrogens (tertiary/aromatic N) is 1. The van der Waals surface area contributed by atoms with Crippen LogP contribution < -0.4 is 0 Å². The van der Waals surface area contributed by atoms with E-state index in [1.165, 1.54) is 6.26 Å². The standard InChI is InChI=1S/C8H17NO3S/c1-7(13(2,11)12)3-9-4-8(5-9)6-10/h7-8,10H,3-6H2,1-2H3. The monoisotopic (exact) mass is 207 g/mol. The van der Waals surface area contributed by atoms with E-state index in [-0.39, 0.29) is 11.9 Å². The number of rotatable bonds is 4. The molecule has 0 radical (unpaired) electrons. The lowest BCUT2D eigenvalue weighted by Crippen LogP contribution is -2.51. The summed E-state index contributed by atoms with van der Waals surface area (Å²) >= 11 is 0. The van der Waals surface area contributed by atoms with Gasteiger partial charge in [-0.15, -0.1) is 0 Å². The van der Waals surface area contributed by atoms with Gasteiger partial charge in [-0.05, 0) is 6.92 Å². The van der Waals surface area contributed by atoms with Crippen LogP contribution in [0.2, 0.25) is 0 Å². The van der Waals surface area contributed by atoms with Crippen molar-refractivity contribution in [1.82, 2.24) is 4.90 Å². The minimum atomic E-state index is -2.90. The van der Waals surface area contributed by atoms with Gasteiger partial charge in [0.2, 0.25) is 0 Å². The lowest BCUT2D eigenvalue weighted by Gasteiger charge is -2.39. The van der Waals surface area contributed by atoms with Crippen molar-refractivity contribution >= 4 is 9.84 Å². The van der Waals surface area contributed by atoms with Gasteiger partial charge in [0.1, 0.15) is 0 Å². The molecule has 0 saturated carbocycles. The molecule has 1 rings (SSSR count). The second-order valence-electron chi connectivity index (χ2n) is 3.91. The third-order valence-electron chi connectivity index (χ3n) is 2.54. The molecule has 0 aromatic rings. The Balaban J connectivity index is 2.28. The summed E-state index contributed by atoms with van der Waals surface area (Å²) in [5.41, 5.74) is 0. The van der Waals surface area contributed by atoms with Gasteiger partial charge in [0, 0.05) is 38.4 Å². The smallest absolute Gasteiger partial charge is 0.151 e. The lowest BCUT2D eigenvalue weighted by atomic mass is 10.0. The molecule has 78 valence electrons. The van der Waals surface area contributed by atoms with Crippen LogP contribution in [0.15, 0.2) is 0 Å². The van der Waals surface area contributed by atoms with Crippen molar-refractivity contribution in [2.75, 3.05) is 32.5 Å². The van der Waals surface area contributed by atoms with Gasteiger partial charge in [-0.2, -0.15) is 0 Å².